The van der Waals surface area contributed by atoms with Gasteiger partial charge in [0.2, 0.25) is 0 Å². The molecule has 1 aromatic carbocycles. The van der Waals surface area contributed by atoms with Crippen molar-refractivity contribution in [2.75, 3.05) is 13.1 Å². The Bertz CT molecular complexity index is 281. The summed E-state index contributed by atoms with van der Waals surface area (Å²) in [4.78, 5) is 0. The van der Waals surface area contributed by atoms with E-state index < -0.39 is 0 Å². The lowest BCUT2D eigenvalue weighted by Crippen LogP contribution is -2.07. The van der Waals surface area contributed by atoms with E-state index in [0.29, 0.717) is 5.92 Å². The third kappa shape index (κ3) is 1.87. The van der Waals surface area contributed by atoms with E-state index in [0.717, 1.165) is 24.0 Å². The van der Waals surface area contributed by atoms with Crippen LogP contribution in [-0.2, 0) is 0 Å². The van der Waals surface area contributed by atoms with Crippen LogP contribution in [0.25, 0.3) is 0 Å². The molecule has 1 aliphatic rings. The molecule has 2 heteroatoms. The van der Waals surface area contributed by atoms with Gasteiger partial charge in [-0.1, -0.05) is 30.7 Å². The summed E-state index contributed by atoms with van der Waals surface area (Å²) in [7, 11) is 0. The zero-order valence-electron chi connectivity index (χ0n) is 7.76. The lowest BCUT2D eigenvalue weighted by atomic mass is 9.90. The maximum absolute atomic E-state index is 5.84. The van der Waals surface area contributed by atoms with Gasteiger partial charge in [0.15, 0.2) is 0 Å². The van der Waals surface area contributed by atoms with Crippen molar-refractivity contribution in [3.63, 3.8) is 0 Å². The minimum atomic E-state index is 0.664. The normalized spacial score (nSPS) is 27.8. The SMILES string of the molecule is C[C@@H]1CNC[C@@H]1c1ccc(Cl)cc1. The second-order valence-corrected chi connectivity index (χ2v) is 4.23. The fraction of sp³-hybridized carbons (Fsp3) is 0.455. The molecule has 0 amide bonds. The first-order chi connectivity index (χ1) is 6.27. The summed E-state index contributed by atoms with van der Waals surface area (Å²) in [6.45, 7) is 4.52. The summed E-state index contributed by atoms with van der Waals surface area (Å²) >= 11 is 5.84. The van der Waals surface area contributed by atoms with Gasteiger partial charge in [0.05, 0.1) is 0 Å². The first-order valence-electron chi connectivity index (χ1n) is 4.73. The van der Waals surface area contributed by atoms with Gasteiger partial charge in [0, 0.05) is 17.5 Å². The van der Waals surface area contributed by atoms with E-state index in [2.05, 4.69) is 24.4 Å². The molecule has 1 saturated heterocycles. The van der Waals surface area contributed by atoms with Gasteiger partial charge in [-0.15, -0.1) is 0 Å². The largest absolute Gasteiger partial charge is 0.316 e. The van der Waals surface area contributed by atoms with Gasteiger partial charge in [-0.05, 0) is 30.2 Å². The molecule has 0 aliphatic carbocycles. The van der Waals surface area contributed by atoms with E-state index in [-0.39, 0.29) is 0 Å². The van der Waals surface area contributed by atoms with Crippen molar-refractivity contribution in [3.8, 4) is 0 Å². The molecule has 1 N–H and O–H groups in total. The zero-order valence-corrected chi connectivity index (χ0v) is 8.51. The maximum atomic E-state index is 5.84. The Morgan fingerprint density at radius 2 is 1.92 bits per heavy atom. The molecule has 0 aromatic heterocycles. The van der Waals surface area contributed by atoms with Crippen LogP contribution in [0.4, 0.5) is 0 Å². The smallest absolute Gasteiger partial charge is 0.0406 e. The van der Waals surface area contributed by atoms with Crippen molar-refractivity contribution >= 4 is 11.6 Å². The van der Waals surface area contributed by atoms with E-state index in [1.807, 2.05) is 12.1 Å². The third-order valence-electron chi connectivity index (χ3n) is 2.82. The summed E-state index contributed by atoms with van der Waals surface area (Å²) in [6.07, 6.45) is 0. The Kier molecular flexibility index (Phi) is 2.56. The number of hydrogen-bond donors (Lipinski definition) is 1. The highest BCUT2D eigenvalue weighted by molar-refractivity contribution is 6.30. The maximum Gasteiger partial charge on any atom is 0.0406 e. The van der Waals surface area contributed by atoms with Crippen molar-refractivity contribution in [1.29, 1.82) is 0 Å². The van der Waals surface area contributed by atoms with Crippen LogP contribution < -0.4 is 5.32 Å². The zero-order chi connectivity index (χ0) is 9.26. The second-order valence-electron chi connectivity index (χ2n) is 3.79. The minimum absolute atomic E-state index is 0.664. The molecule has 1 fully saturated rings. The standard InChI is InChI=1S/C11H14ClN/c1-8-6-13-7-11(8)9-2-4-10(12)5-3-9/h2-5,8,11,13H,6-7H2,1H3/t8-,11+/m1/s1. The van der Waals surface area contributed by atoms with Gasteiger partial charge in [0.25, 0.3) is 0 Å². The van der Waals surface area contributed by atoms with Gasteiger partial charge in [-0.25, -0.2) is 0 Å². The highest BCUT2D eigenvalue weighted by Crippen LogP contribution is 2.28. The number of benzene rings is 1. The number of halogens is 1. The fourth-order valence-corrected chi connectivity index (χ4v) is 2.09. The highest BCUT2D eigenvalue weighted by atomic mass is 35.5. The Morgan fingerprint density at radius 3 is 2.46 bits per heavy atom. The molecule has 0 spiro atoms. The number of hydrogen-bond acceptors (Lipinski definition) is 1. The Balaban J connectivity index is 2.20. The predicted molar refractivity (Wildman–Crippen MR) is 56.2 cm³/mol. The van der Waals surface area contributed by atoms with Crippen LogP contribution in [0.2, 0.25) is 5.02 Å². The average molecular weight is 196 g/mol. The summed E-state index contributed by atoms with van der Waals surface area (Å²) in [5, 5.41) is 4.22. The Labute approximate surface area is 84.1 Å². The average Bonchev–Trinajstić information content (AvgIpc) is 2.53. The van der Waals surface area contributed by atoms with Crippen LogP contribution in [0.1, 0.15) is 18.4 Å². The van der Waals surface area contributed by atoms with Crippen LogP contribution >= 0.6 is 11.6 Å². The van der Waals surface area contributed by atoms with Crippen LogP contribution in [0.3, 0.4) is 0 Å². The van der Waals surface area contributed by atoms with E-state index in [1.165, 1.54) is 5.56 Å². The number of rotatable bonds is 1. The lowest BCUT2D eigenvalue weighted by molar-refractivity contribution is 0.572. The molecular weight excluding hydrogens is 182 g/mol. The third-order valence-corrected chi connectivity index (χ3v) is 3.07. The molecule has 0 unspecified atom stereocenters. The molecule has 2 rings (SSSR count). The molecule has 1 aromatic rings. The van der Waals surface area contributed by atoms with Crippen molar-refractivity contribution in [2.45, 2.75) is 12.8 Å². The minimum Gasteiger partial charge on any atom is -0.316 e. The second kappa shape index (κ2) is 3.69. The molecule has 2 atom stereocenters. The van der Waals surface area contributed by atoms with Gasteiger partial charge < -0.3 is 5.32 Å². The molecular formula is C11H14ClN. The first-order valence-corrected chi connectivity index (χ1v) is 5.11. The van der Waals surface area contributed by atoms with Crippen LogP contribution in [0.5, 0.6) is 0 Å². The lowest BCUT2D eigenvalue weighted by Gasteiger charge is -2.14. The molecule has 0 bridgehead atoms. The van der Waals surface area contributed by atoms with Gasteiger partial charge in [-0.3, -0.25) is 0 Å². The van der Waals surface area contributed by atoms with E-state index in [9.17, 15) is 0 Å². The summed E-state index contributed by atoms with van der Waals surface area (Å²) in [5.74, 6) is 1.40. The highest BCUT2D eigenvalue weighted by Gasteiger charge is 2.23. The molecule has 13 heavy (non-hydrogen) atoms. The van der Waals surface area contributed by atoms with Crippen molar-refractivity contribution < 1.29 is 0 Å². The van der Waals surface area contributed by atoms with E-state index >= 15 is 0 Å². The fourth-order valence-electron chi connectivity index (χ4n) is 1.97. The molecule has 0 radical (unpaired) electrons. The van der Waals surface area contributed by atoms with Crippen LogP contribution in [-0.4, -0.2) is 13.1 Å². The molecule has 70 valence electrons. The van der Waals surface area contributed by atoms with Crippen molar-refractivity contribution in [3.05, 3.63) is 34.9 Å². The van der Waals surface area contributed by atoms with E-state index in [1.54, 1.807) is 0 Å². The van der Waals surface area contributed by atoms with Crippen molar-refractivity contribution in [1.82, 2.24) is 5.32 Å². The van der Waals surface area contributed by atoms with Gasteiger partial charge in [-0.2, -0.15) is 0 Å². The van der Waals surface area contributed by atoms with Crippen LogP contribution in [0, 0.1) is 5.92 Å². The predicted octanol–water partition coefficient (Wildman–Crippen LogP) is 2.66. The van der Waals surface area contributed by atoms with Gasteiger partial charge >= 0.3 is 0 Å². The van der Waals surface area contributed by atoms with E-state index in [4.69, 9.17) is 11.6 Å². The summed E-state index contributed by atoms with van der Waals surface area (Å²) < 4.78 is 0. The van der Waals surface area contributed by atoms with Crippen LogP contribution in [0.15, 0.2) is 24.3 Å². The summed E-state index contributed by atoms with van der Waals surface area (Å²) in [5.41, 5.74) is 1.40. The Hall–Kier alpha value is -0.530. The molecule has 1 nitrogen and oxygen atoms in total. The van der Waals surface area contributed by atoms with Gasteiger partial charge in [0.1, 0.15) is 0 Å². The topological polar surface area (TPSA) is 12.0 Å². The van der Waals surface area contributed by atoms with Crippen molar-refractivity contribution in [2.24, 2.45) is 5.92 Å². The monoisotopic (exact) mass is 195 g/mol. The molecule has 1 aliphatic heterocycles. The molecule has 0 saturated carbocycles. The first kappa shape index (κ1) is 9.04. The quantitative estimate of drug-likeness (QED) is 0.727. The summed E-state index contributed by atoms with van der Waals surface area (Å²) in [6, 6.07) is 8.22. The molecule has 1 heterocycles. The number of nitrogens with one attached hydrogen (secondary N) is 1. The Morgan fingerprint density at radius 1 is 1.23 bits per heavy atom.